The van der Waals surface area contributed by atoms with E-state index < -0.39 is 5.91 Å². The van der Waals surface area contributed by atoms with Gasteiger partial charge in [-0.15, -0.1) is 0 Å². The lowest BCUT2D eigenvalue weighted by molar-refractivity contribution is 0.100. The third-order valence-corrected chi connectivity index (χ3v) is 2.40. The zero-order chi connectivity index (χ0) is 14.5. The summed E-state index contributed by atoms with van der Waals surface area (Å²) in [6, 6.07) is 7.88. The molecule has 20 heavy (non-hydrogen) atoms. The van der Waals surface area contributed by atoms with Gasteiger partial charge in [-0.05, 0) is 24.3 Å². The Labute approximate surface area is 115 Å². The molecule has 2 aromatic rings. The number of nitrogens with zero attached hydrogens (tertiary/aromatic N) is 2. The lowest BCUT2D eigenvalue weighted by atomic mass is 10.2. The van der Waals surface area contributed by atoms with Crippen LogP contribution >= 0.6 is 0 Å². The molecule has 0 radical (unpaired) electrons. The fourth-order valence-electron chi connectivity index (χ4n) is 1.55. The first-order valence-electron chi connectivity index (χ1n) is 5.78. The van der Waals surface area contributed by atoms with Gasteiger partial charge in [0.25, 0.3) is 0 Å². The second-order valence-corrected chi connectivity index (χ2v) is 3.97. The molecule has 0 unspecified atom stereocenters. The van der Waals surface area contributed by atoms with Crippen LogP contribution in [0, 0.1) is 0 Å². The molecule has 104 valence electrons. The molecule has 0 aliphatic carbocycles. The first-order chi connectivity index (χ1) is 9.58. The van der Waals surface area contributed by atoms with Crippen LogP contribution in [0.2, 0.25) is 0 Å². The summed E-state index contributed by atoms with van der Waals surface area (Å²) in [6.45, 7) is 0.238. The average Bonchev–Trinajstić information content (AvgIpc) is 2.39. The Morgan fingerprint density at radius 2 is 1.95 bits per heavy atom. The maximum absolute atomic E-state index is 11.0. The molecule has 0 aliphatic heterocycles. The van der Waals surface area contributed by atoms with Crippen molar-refractivity contribution in [1.82, 2.24) is 9.97 Å². The Morgan fingerprint density at radius 3 is 2.55 bits per heavy atom. The van der Waals surface area contributed by atoms with Crippen molar-refractivity contribution in [2.45, 2.75) is 6.61 Å². The summed E-state index contributed by atoms with van der Waals surface area (Å²) in [5.41, 5.74) is 11.2. The minimum Gasteiger partial charge on any atom is -0.439 e. The fourth-order valence-corrected chi connectivity index (χ4v) is 1.55. The summed E-state index contributed by atoms with van der Waals surface area (Å²) in [6.07, 6.45) is 0. The third kappa shape index (κ3) is 3.42. The van der Waals surface area contributed by atoms with E-state index in [0.717, 1.165) is 0 Å². The molecule has 0 saturated heterocycles. The highest BCUT2D eigenvalue weighted by atomic mass is 16.5. The molecule has 0 bridgehead atoms. The number of nitrogen functional groups attached to an aromatic ring is 1. The van der Waals surface area contributed by atoms with Crippen molar-refractivity contribution < 1.29 is 14.3 Å². The van der Waals surface area contributed by atoms with Gasteiger partial charge in [0.05, 0.1) is 0 Å². The molecule has 0 saturated carbocycles. The zero-order valence-corrected chi connectivity index (χ0v) is 10.9. The van der Waals surface area contributed by atoms with E-state index in [2.05, 4.69) is 9.97 Å². The first kappa shape index (κ1) is 13.8. The van der Waals surface area contributed by atoms with E-state index in [0.29, 0.717) is 23.0 Å². The lowest BCUT2D eigenvalue weighted by Gasteiger charge is -2.07. The summed E-state index contributed by atoms with van der Waals surface area (Å²) in [5.74, 6) is 1.03. The first-order valence-corrected chi connectivity index (χ1v) is 5.78. The SMILES string of the molecule is COCc1nc(N)cc(Oc2ccc(C(N)=O)cc2)n1. The molecule has 7 heteroatoms. The number of primary amides is 1. The largest absolute Gasteiger partial charge is 0.439 e. The van der Waals surface area contributed by atoms with Crippen molar-refractivity contribution in [2.24, 2.45) is 5.73 Å². The van der Waals surface area contributed by atoms with Gasteiger partial charge in [0.1, 0.15) is 18.2 Å². The van der Waals surface area contributed by atoms with Gasteiger partial charge < -0.3 is 20.9 Å². The number of anilines is 1. The second-order valence-electron chi connectivity index (χ2n) is 3.97. The summed E-state index contributed by atoms with van der Waals surface area (Å²) < 4.78 is 10.5. The van der Waals surface area contributed by atoms with Crippen LogP contribution in [0.4, 0.5) is 5.82 Å². The number of carbonyl (C=O) groups excluding carboxylic acids is 1. The van der Waals surface area contributed by atoms with Gasteiger partial charge >= 0.3 is 0 Å². The van der Waals surface area contributed by atoms with Gasteiger partial charge in [0, 0.05) is 18.7 Å². The van der Waals surface area contributed by atoms with Crippen molar-refractivity contribution >= 4 is 11.7 Å². The number of benzene rings is 1. The van der Waals surface area contributed by atoms with Crippen LogP contribution < -0.4 is 16.2 Å². The molecule has 0 spiro atoms. The van der Waals surface area contributed by atoms with E-state index in [1.165, 1.54) is 13.2 Å². The second kappa shape index (κ2) is 5.98. The van der Waals surface area contributed by atoms with E-state index >= 15 is 0 Å². The molecule has 7 nitrogen and oxygen atoms in total. The topological polar surface area (TPSA) is 113 Å². The Hall–Kier alpha value is -2.67. The zero-order valence-electron chi connectivity index (χ0n) is 10.9. The number of hydrogen-bond donors (Lipinski definition) is 2. The molecule has 0 aliphatic rings. The van der Waals surface area contributed by atoms with Gasteiger partial charge in [-0.1, -0.05) is 0 Å². The monoisotopic (exact) mass is 274 g/mol. The molecule has 0 atom stereocenters. The maximum atomic E-state index is 11.0. The minimum absolute atomic E-state index is 0.238. The molecule has 1 amide bonds. The van der Waals surface area contributed by atoms with Crippen LogP contribution in [-0.2, 0) is 11.3 Å². The van der Waals surface area contributed by atoms with Crippen LogP contribution in [0.3, 0.4) is 0 Å². The standard InChI is InChI=1S/C13H14N4O3/c1-19-7-11-16-10(14)6-12(17-11)20-9-4-2-8(3-5-9)13(15)18/h2-6H,7H2,1H3,(H2,15,18)(H2,14,16,17). The van der Waals surface area contributed by atoms with Gasteiger partial charge in [-0.2, -0.15) is 4.98 Å². The summed E-state index contributed by atoms with van der Waals surface area (Å²) >= 11 is 0. The van der Waals surface area contributed by atoms with Crippen molar-refractivity contribution in [3.63, 3.8) is 0 Å². The highest BCUT2D eigenvalue weighted by Gasteiger charge is 2.06. The van der Waals surface area contributed by atoms with Crippen LogP contribution in [0.15, 0.2) is 30.3 Å². The fraction of sp³-hybridized carbons (Fsp3) is 0.154. The molecule has 1 heterocycles. The van der Waals surface area contributed by atoms with Crippen LogP contribution in [0.5, 0.6) is 11.6 Å². The molecular weight excluding hydrogens is 260 g/mol. The highest BCUT2D eigenvalue weighted by Crippen LogP contribution is 2.21. The third-order valence-electron chi connectivity index (χ3n) is 2.40. The van der Waals surface area contributed by atoms with Crippen LogP contribution in [-0.4, -0.2) is 23.0 Å². The molecule has 1 aromatic heterocycles. The Kier molecular flexibility index (Phi) is 4.11. The number of methoxy groups -OCH3 is 1. The Balaban J connectivity index is 2.18. The van der Waals surface area contributed by atoms with E-state index in [9.17, 15) is 4.79 Å². The van der Waals surface area contributed by atoms with Crippen molar-refractivity contribution in [1.29, 1.82) is 0 Å². The number of carbonyl (C=O) groups is 1. The Bertz CT molecular complexity index is 614. The predicted molar refractivity (Wildman–Crippen MR) is 72.2 cm³/mol. The van der Waals surface area contributed by atoms with E-state index in [1.54, 1.807) is 24.3 Å². The van der Waals surface area contributed by atoms with Gasteiger partial charge in [-0.25, -0.2) is 4.98 Å². The number of aromatic nitrogens is 2. The molecular formula is C13H14N4O3. The average molecular weight is 274 g/mol. The number of nitrogens with two attached hydrogens (primary N) is 2. The minimum atomic E-state index is -0.495. The number of rotatable bonds is 5. The molecule has 2 rings (SSSR count). The van der Waals surface area contributed by atoms with Crippen LogP contribution in [0.25, 0.3) is 0 Å². The molecule has 4 N–H and O–H groups in total. The van der Waals surface area contributed by atoms with Gasteiger partial charge in [0.15, 0.2) is 5.82 Å². The van der Waals surface area contributed by atoms with Crippen molar-refractivity contribution in [3.05, 3.63) is 41.7 Å². The van der Waals surface area contributed by atoms with E-state index in [4.69, 9.17) is 20.9 Å². The Morgan fingerprint density at radius 1 is 1.25 bits per heavy atom. The van der Waals surface area contributed by atoms with Gasteiger partial charge in [-0.3, -0.25) is 4.79 Å². The number of amides is 1. The highest BCUT2D eigenvalue weighted by molar-refractivity contribution is 5.92. The lowest BCUT2D eigenvalue weighted by Crippen LogP contribution is -2.10. The van der Waals surface area contributed by atoms with Crippen molar-refractivity contribution in [3.8, 4) is 11.6 Å². The van der Waals surface area contributed by atoms with E-state index in [1.807, 2.05) is 0 Å². The number of hydrogen-bond acceptors (Lipinski definition) is 6. The van der Waals surface area contributed by atoms with E-state index in [-0.39, 0.29) is 12.4 Å². The van der Waals surface area contributed by atoms with Crippen LogP contribution in [0.1, 0.15) is 16.2 Å². The van der Waals surface area contributed by atoms with Gasteiger partial charge in [0.2, 0.25) is 11.8 Å². The normalized spacial score (nSPS) is 10.2. The number of ether oxygens (including phenoxy) is 2. The quantitative estimate of drug-likeness (QED) is 0.843. The molecule has 0 fully saturated rings. The predicted octanol–water partition coefficient (Wildman–Crippen LogP) is 1.10. The smallest absolute Gasteiger partial charge is 0.248 e. The van der Waals surface area contributed by atoms with Crippen molar-refractivity contribution in [2.75, 3.05) is 12.8 Å². The summed E-state index contributed by atoms with van der Waals surface area (Å²) in [7, 11) is 1.54. The maximum Gasteiger partial charge on any atom is 0.248 e. The summed E-state index contributed by atoms with van der Waals surface area (Å²) in [5, 5.41) is 0. The summed E-state index contributed by atoms with van der Waals surface area (Å²) in [4.78, 5) is 19.1. The molecule has 1 aromatic carbocycles.